The van der Waals surface area contributed by atoms with Gasteiger partial charge in [0.05, 0.1) is 82.6 Å². The van der Waals surface area contributed by atoms with Crippen molar-refractivity contribution in [2.75, 3.05) is 114 Å². The third kappa shape index (κ3) is 33.7. The topological polar surface area (TPSA) is 388 Å². The number of aryl methyl sites for hydroxylation is 2. The zero-order valence-corrected chi connectivity index (χ0v) is 88.0. The summed E-state index contributed by atoms with van der Waals surface area (Å²) in [7, 11) is 11.0. The number of piperidine rings is 1. The molecule has 0 spiro atoms. The van der Waals surface area contributed by atoms with E-state index in [-0.39, 0.29) is 148 Å². The third-order valence-electron chi connectivity index (χ3n) is 26.5. The molecule has 778 valence electrons. The van der Waals surface area contributed by atoms with Gasteiger partial charge in [-0.3, -0.25) is 52.8 Å². The fraction of sp³-hybridized carbons (Fsp3) is 0.565. The number of likely N-dealkylation sites (N-methyl/N-ethyl adjacent to an activating group) is 2. The Morgan fingerprint density at radius 1 is 0.613 bits per heavy atom. The Morgan fingerprint density at radius 2 is 1.25 bits per heavy atom. The van der Waals surface area contributed by atoms with Crippen molar-refractivity contribution in [3.63, 3.8) is 0 Å². The molecule has 7 aromatic rings. The number of fused-ring (bicyclic) bond motifs is 4. The van der Waals surface area contributed by atoms with Crippen LogP contribution in [0.4, 0.5) is 15.3 Å². The first-order valence-electron chi connectivity index (χ1n) is 50.0. The molecular weight excluding hydrogens is 1830 g/mol. The van der Waals surface area contributed by atoms with E-state index in [0.29, 0.717) is 83.5 Å². The van der Waals surface area contributed by atoms with Crippen LogP contribution in [0.1, 0.15) is 206 Å². The van der Waals surface area contributed by atoms with E-state index in [4.69, 9.17) is 33.2 Å². The number of aromatic nitrogens is 2. The molecule has 0 unspecified atom stereocenters. The Kier molecular flexibility index (Phi) is 46.8. The summed E-state index contributed by atoms with van der Waals surface area (Å²) in [5.74, 6) is -4.37. The number of esters is 1. The molecular formula is C108H156N14O19S. The molecule has 5 aromatic carbocycles. The molecule has 2 aliphatic heterocycles. The van der Waals surface area contributed by atoms with E-state index in [1.54, 1.807) is 65.1 Å². The summed E-state index contributed by atoms with van der Waals surface area (Å²) in [6.45, 7) is 30.2. The molecule has 33 nitrogen and oxygen atoms in total. The Labute approximate surface area is 843 Å². The quantitative estimate of drug-likeness (QED) is 0.0106. The molecule has 4 heterocycles. The lowest BCUT2D eigenvalue weighted by atomic mass is 9.89. The number of carbonyl (C=O) groups is 12. The number of ether oxygens (including phenoxy) is 7. The number of rotatable bonds is 48. The van der Waals surface area contributed by atoms with E-state index in [9.17, 15) is 57.5 Å². The predicted molar refractivity (Wildman–Crippen MR) is 550 cm³/mol. The highest BCUT2D eigenvalue weighted by molar-refractivity contribution is 7.09. The Morgan fingerprint density at radius 3 is 1.83 bits per heavy atom. The van der Waals surface area contributed by atoms with Gasteiger partial charge in [-0.2, -0.15) is 0 Å². The maximum atomic E-state index is 14.4. The van der Waals surface area contributed by atoms with Crippen LogP contribution in [0.15, 0.2) is 145 Å². The van der Waals surface area contributed by atoms with E-state index in [2.05, 4.69) is 89.2 Å². The van der Waals surface area contributed by atoms with E-state index in [1.165, 1.54) is 52.6 Å². The minimum Gasteiger partial charge on any atom is -0.460 e. The highest BCUT2D eigenvalue weighted by Gasteiger charge is 2.45. The van der Waals surface area contributed by atoms with E-state index in [1.807, 2.05) is 189 Å². The number of thiazole rings is 1. The average Bonchev–Trinajstić information content (AvgIpc) is 1.61. The molecule has 3 aliphatic rings. The number of likely N-dealkylation sites (tertiary alicyclic amines) is 2. The third-order valence-corrected chi connectivity index (χ3v) is 27.4. The molecule has 2 saturated heterocycles. The monoisotopic (exact) mass is 1990 g/mol. The van der Waals surface area contributed by atoms with Crippen LogP contribution in [0, 0.1) is 29.6 Å². The van der Waals surface area contributed by atoms with Crippen molar-refractivity contribution in [3.8, 4) is 11.1 Å². The van der Waals surface area contributed by atoms with Gasteiger partial charge in [0.25, 0.3) is 0 Å². The van der Waals surface area contributed by atoms with Gasteiger partial charge in [-0.1, -0.05) is 185 Å². The smallest absolute Gasteiger partial charge is 0.409 e. The minimum absolute atomic E-state index is 0.00210. The van der Waals surface area contributed by atoms with Crippen LogP contribution in [0.25, 0.3) is 22.0 Å². The second-order valence-corrected chi connectivity index (χ2v) is 39.7. The van der Waals surface area contributed by atoms with Gasteiger partial charge < -0.3 is 94.5 Å². The number of anilines is 1. The fourth-order valence-corrected chi connectivity index (χ4v) is 19.4. The highest BCUT2D eigenvalue weighted by atomic mass is 32.1. The van der Waals surface area contributed by atoms with Crippen LogP contribution in [0.3, 0.4) is 0 Å². The van der Waals surface area contributed by atoms with Crippen LogP contribution >= 0.6 is 11.3 Å². The highest BCUT2D eigenvalue weighted by Crippen LogP contribution is 2.45. The number of hydrogen-bond donors (Lipinski definition) is 7. The van der Waals surface area contributed by atoms with Gasteiger partial charge in [0, 0.05) is 134 Å². The molecule has 2 fully saturated rings. The van der Waals surface area contributed by atoms with Gasteiger partial charge >= 0.3 is 18.2 Å². The average molecular weight is 1990 g/mol. The summed E-state index contributed by atoms with van der Waals surface area (Å²) in [4.78, 5) is 172. The van der Waals surface area contributed by atoms with Crippen molar-refractivity contribution >= 4 is 99.2 Å². The lowest BCUT2D eigenvalue weighted by Gasteiger charge is -2.41. The van der Waals surface area contributed by atoms with Gasteiger partial charge in [0.15, 0.2) is 0 Å². The normalized spacial score (nSPS) is 15.7. The molecule has 0 bridgehead atoms. The first kappa shape index (κ1) is 116. The van der Waals surface area contributed by atoms with Crippen molar-refractivity contribution in [2.24, 2.45) is 29.6 Å². The number of alkyl carbamates (subject to hydrolysis) is 1. The molecule has 0 saturated carbocycles. The number of methoxy groups -OCH3 is 3. The molecule has 7 N–H and O–H groups in total. The number of benzene rings is 5. The summed E-state index contributed by atoms with van der Waals surface area (Å²) in [6.07, 6.45) is 4.40. The first-order valence-corrected chi connectivity index (χ1v) is 50.9. The number of nitrogens with one attached hydrogen (secondary N) is 7. The maximum absolute atomic E-state index is 14.4. The fourth-order valence-electron chi connectivity index (χ4n) is 18.7. The Hall–Kier alpha value is -11.7. The molecule has 142 heavy (non-hydrogen) atoms. The first-order chi connectivity index (χ1) is 67.8. The SMILES string of the molecule is CC[C@H](C)[C@@H]([C@@H](CC(=O)N1CCC[C@H]1[C@H](OC)[C@@H](C)C(=O)N[C@@H](Cc1ccccc1)c1nccs1)OC)N(C)C(=O)[C@@H](NC(=O)[C@H](C(C)C)N(C)C(=O)OC)C(C)C.CCc1ccc(NC(=O)[C@H](C)NC(=O)[C@@H](NC(=O)CCC(=O)N(CCOCCOCCC(=O)OC(C)(C)C)C2CCN(C(=O)CCn3c(CNC)cc4ccccc43)CC2)C(C)C)cc1.CNC(=O)OCC1c2ccccc2-c2ccccc21. The second-order valence-electron chi connectivity index (χ2n) is 38.7. The van der Waals surface area contributed by atoms with Crippen molar-refractivity contribution in [3.05, 3.63) is 178 Å². The zero-order chi connectivity index (χ0) is 104. The molecule has 11 amide bonds. The van der Waals surface area contributed by atoms with Crippen LogP contribution in [-0.2, 0) is 107 Å². The molecule has 0 radical (unpaired) electrons. The largest absolute Gasteiger partial charge is 0.460 e. The molecule has 34 heteroatoms. The predicted octanol–water partition coefficient (Wildman–Crippen LogP) is 13.4. The van der Waals surface area contributed by atoms with Crippen LogP contribution < -0.4 is 37.2 Å². The summed E-state index contributed by atoms with van der Waals surface area (Å²) in [5, 5.41) is 24.0. The van der Waals surface area contributed by atoms with Crippen molar-refractivity contribution in [1.82, 2.24) is 66.0 Å². The van der Waals surface area contributed by atoms with E-state index >= 15 is 0 Å². The summed E-state index contributed by atoms with van der Waals surface area (Å²) < 4.78 is 41.1. The van der Waals surface area contributed by atoms with Gasteiger partial charge in [-0.05, 0) is 160 Å². The number of amides is 11. The molecule has 2 aromatic heterocycles. The lowest BCUT2D eigenvalue weighted by Crippen LogP contribution is -2.60. The van der Waals surface area contributed by atoms with Gasteiger partial charge in [0.1, 0.15) is 41.4 Å². The Balaban J connectivity index is 0.000000293. The van der Waals surface area contributed by atoms with Crippen LogP contribution in [0.2, 0.25) is 0 Å². The van der Waals surface area contributed by atoms with Crippen molar-refractivity contribution < 1.29 is 90.7 Å². The van der Waals surface area contributed by atoms with Gasteiger partial charge in [-0.25, -0.2) is 14.6 Å². The van der Waals surface area contributed by atoms with Crippen molar-refractivity contribution in [2.45, 2.75) is 259 Å². The van der Waals surface area contributed by atoms with E-state index < -0.39 is 83.7 Å². The van der Waals surface area contributed by atoms with Gasteiger partial charge in [-0.15, -0.1) is 11.3 Å². The number of para-hydroxylation sites is 1. The molecule has 11 atom stereocenters. The summed E-state index contributed by atoms with van der Waals surface area (Å²) >= 11 is 1.49. The Bertz CT molecular complexity index is 5150. The van der Waals surface area contributed by atoms with Crippen LogP contribution in [0.5, 0.6) is 0 Å². The van der Waals surface area contributed by atoms with E-state index in [0.717, 1.165) is 45.6 Å². The minimum atomic E-state index is -0.930. The zero-order valence-electron chi connectivity index (χ0n) is 87.2. The standard InChI is InChI=1S/C49H73N7O9.C43H68N6O8S.C16H15NO2/c1-9-36-14-16-38(17-15-36)52-47(61)35(4)51-48(62)46(34(2)3)53-42(57)18-19-44(59)56(27-29-64-31-30-63-28-23-45(60)65-49(5,6)7)39-20-24-54(25-21-39)43(58)22-26-55-40(33-50-8)32-37-12-10-11-13-41(37)55;1-13-28(6)37(47(8)42(53)35(26(2)3)46-40(52)36(27(4)5)48(9)43(54)57-12)33(55-10)25-34(50)49-22-17-20-32(49)38(56-11)29(7)39(51)45-31(41-44-21-23-58-41)24-30-18-15-14-16-19-30;1-17-16(18)19-10-15-13-8-4-2-6-11(13)12-7-3-5-9-14(12)15/h10-17,32,34-35,39,46,50H,9,18-31,33H2,1-8H3,(H,51,62)(H,52,61)(H,53,57);14-16,18-19,21,23,26-29,31-33,35-38H,13,17,20,22,24-25H2,1-12H3,(H,45,51)(H,46,52);2-9,15H,10H2,1H3,(H,17,18)/t35-,46-;28-,29+,31-,32-,33+,35-,36-,37-,38+;/m00./s1. The lowest BCUT2D eigenvalue weighted by molar-refractivity contribution is -0.156. The van der Waals surface area contributed by atoms with Crippen molar-refractivity contribution in [1.29, 1.82) is 0 Å². The molecule has 10 rings (SSSR count). The number of carbonyl (C=O) groups excluding carboxylic acids is 12. The summed E-state index contributed by atoms with van der Waals surface area (Å²) in [5.41, 5.74) is 9.41. The number of nitrogens with zero attached hydrogens (tertiary/aromatic N) is 7. The van der Waals surface area contributed by atoms with Crippen LogP contribution in [-0.4, -0.2) is 274 Å². The van der Waals surface area contributed by atoms with Gasteiger partial charge in [0.2, 0.25) is 53.2 Å². The summed E-state index contributed by atoms with van der Waals surface area (Å²) in [6, 6.07) is 39.4. The maximum Gasteiger partial charge on any atom is 0.409 e. The molecule has 1 aliphatic carbocycles. The number of hydrogen-bond acceptors (Lipinski definition) is 22. The second kappa shape index (κ2) is 57.6.